The van der Waals surface area contributed by atoms with Gasteiger partial charge in [0.05, 0.1) is 0 Å². The first-order chi connectivity index (χ1) is 14.0. The molecule has 0 radical (unpaired) electrons. The molecule has 0 saturated heterocycles. The van der Waals surface area contributed by atoms with Gasteiger partial charge < -0.3 is 16.0 Å². The van der Waals surface area contributed by atoms with Crippen molar-refractivity contribution in [1.82, 2.24) is 10.6 Å². The number of nitrogens with one attached hydrogen (secondary N) is 3. The predicted molar refractivity (Wildman–Crippen MR) is 114 cm³/mol. The van der Waals surface area contributed by atoms with Gasteiger partial charge in [0, 0.05) is 18.4 Å². The van der Waals surface area contributed by atoms with Crippen LogP contribution in [0.15, 0.2) is 42.5 Å². The average molecular weight is 418 g/mol. The number of hydrogen-bond donors (Lipinski definition) is 3. The van der Waals surface area contributed by atoms with Crippen LogP contribution in [-0.2, 0) is 19.2 Å². The fourth-order valence-corrected chi connectivity index (χ4v) is 3.53. The molecule has 1 aliphatic rings. The van der Waals surface area contributed by atoms with Crippen molar-refractivity contribution in [2.24, 2.45) is 0 Å². The molecule has 3 N–H and O–H groups in total. The minimum atomic E-state index is -0.703. The number of benzene rings is 1. The lowest BCUT2D eigenvalue weighted by Crippen LogP contribution is -2.53. The standard InChI is InChI=1S/C21H27N3O4S/c1-15(25)29-14-7-3-6-11-18(20(27)22-16-9-4-2-5-10-16)24-21(28)17-12-8-13-19(26)23-17/h2,4-5,8-10,13,17-18H,3,6-7,11-12,14H2,1H3,(H,22,27)(H,23,26)(H,24,28)/t17-,18-/m0/s1. The first kappa shape index (κ1) is 22.7. The molecular weight excluding hydrogens is 390 g/mol. The van der Waals surface area contributed by atoms with E-state index in [1.54, 1.807) is 25.1 Å². The summed E-state index contributed by atoms with van der Waals surface area (Å²) in [5.41, 5.74) is 0.656. The van der Waals surface area contributed by atoms with Crippen LogP contribution in [0.4, 0.5) is 5.69 Å². The zero-order valence-electron chi connectivity index (χ0n) is 16.5. The van der Waals surface area contributed by atoms with E-state index < -0.39 is 12.1 Å². The summed E-state index contributed by atoms with van der Waals surface area (Å²) < 4.78 is 0. The van der Waals surface area contributed by atoms with Crippen LogP contribution in [0.3, 0.4) is 0 Å². The fourth-order valence-electron chi connectivity index (χ4n) is 2.90. The Bertz CT molecular complexity index is 752. The van der Waals surface area contributed by atoms with Crippen molar-refractivity contribution in [3.05, 3.63) is 42.5 Å². The third-order valence-corrected chi connectivity index (χ3v) is 5.29. The van der Waals surface area contributed by atoms with E-state index in [0.29, 0.717) is 18.5 Å². The van der Waals surface area contributed by atoms with Crippen molar-refractivity contribution in [3.63, 3.8) is 0 Å². The van der Waals surface area contributed by atoms with Crippen LogP contribution >= 0.6 is 11.8 Å². The number of para-hydroxylation sites is 1. The molecule has 0 aromatic heterocycles. The molecule has 156 valence electrons. The Morgan fingerprint density at radius 1 is 1.17 bits per heavy atom. The molecule has 0 fully saturated rings. The lowest BCUT2D eigenvalue weighted by Gasteiger charge is -2.23. The summed E-state index contributed by atoms with van der Waals surface area (Å²) in [5.74, 6) is -0.226. The number of anilines is 1. The smallest absolute Gasteiger partial charge is 0.246 e. The molecule has 1 aromatic rings. The van der Waals surface area contributed by atoms with Crippen LogP contribution in [0.1, 0.15) is 39.0 Å². The second-order valence-electron chi connectivity index (χ2n) is 6.81. The number of amides is 3. The highest BCUT2D eigenvalue weighted by atomic mass is 32.2. The first-order valence-corrected chi connectivity index (χ1v) is 10.7. The summed E-state index contributed by atoms with van der Waals surface area (Å²) in [4.78, 5) is 47.7. The largest absolute Gasteiger partial charge is 0.342 e. The van der Waals surface area contributed by atoms with Crippen molar-refractivity contribution in [1.29, 1.82) is 0 Å². The van der Waals surface area contributed by atoms with Gasteiger partial charge in [0.2, 0.25) is 17.7 Å². The zero-order valence-corrected chi connectivity index (χ0v) is 17.3. The van der Waals surface area contributed by atoms with Crippen LogP contribution < -0.4 is 16.0 Å². The fraction of sp³-hybridized carbons (Fsp3) is 0.429. The molecule has 1 heterocycles. The molecule has 2 atom stereocenters. The molecule has 1 aliphatic heterocycles. The van der Waals surface area contributed by atoms with E-state index in [9.17, 15) is 19.2 Å². The van der Waals surface area contributed by atoms with Crippen LogP contribution in [0.2, 0.25) is 0 Å². The normalized spacial score (nSPS) is 16.6. The summed E-state index contributed by atoms with van der Waals surface area (Å²) in [6.07, 6.45) is 6.38. The van der Waals surface area contributed by atoms with E-state index in [0.717, 1.165) is 25.0 Å². The Kier molecular flexibility index (Phi) is 9.43. The molecule has 8 heteroatoms. The van der Waals surface area contributed by atoms with Crippen molar-refractivity contribution >= 4 is 40.3 Å². The van der Waals surface area contributed by atoms with Gasteiger partial charge in [-0.2, -0.15) is 0 Å². The number of unbranched alkanes of at least 4 members (excludes halogenated alkanes) is 2. The summed E-state index contributed by atoms with van der Waals surface area (Å²) >= 11 is 1.29. The lowest BCUT2D eigenvalue weighted by molar-refractivity contribution is -0.130. The topological polar surface area (TPSA) is 104 Å². The lowest BCUT2D eigenvalue weighted by atomic mass is 10.1. The van der Waals surface area contributed by atoms with Gasteiger partial charge in [0.25, 0.3) is 0 Å². The monoisotopic (exact) mass is 417 g/mol. The van der Waals surface area contributed by atoms with E-state index in [1.165, 1.54) is 17.8 Å². The van der Waals surface area contributed by atoms with Crippen LogP contribution in [0.25, 0.3) is 0 Å². The molecule has 0 aliphatic carbocycles. The third-order valence-electron chi connectivity index (χ3n) is 4.39. The maximum atomic E-state index is 12.7. The average Bonchev–Trinajstić information content (AvgIpc) is 2.70. The summed E-state index contributed by atoms with van der Waals surface area (Å²) in [7, 11) is 0. The maximum Gasteiger partial charge on any atom is 0.246 e. The first-order valence-electron chi connectivity index (χ1n) is 9.72. The maximum absolute atomic E-state index is 12.7. The van der Waals surface area contributed by atoms with E-state index in [-0.39, 0.29) is 22.8 Å². The second-order valence-corrected chi connectivity index (χ2v) is 8.08. The van der Waals surface area contributed by atoms with Gasteiger partial charge in [0.1, 0.15) is 12.1 Å². The van der Waals surface area contributed by atoms with Crippen molar-refractivity contribution in [2.45, 2.75) is 51.1 Å². The van der Waals surface area contributed by atoms with Gasteiger partial charge in [-0.1, -0.05) is 48.9 Å². The van der Waals surface area contributed by atoms with Gasteiger partial charge >= 0.3 is 0 Å². The highest BCUT2D eigenvalue weighted by Gasteiger charge is 2.27. The molecule has 0 saturated carbocycles. The van der Waals surface area contributed by atoms with Crippen molar-refractivity contribution < 1.29 is 19.2 Å². The minimum Gasteiger partial charge on any atom is -0.342 e. The Labute approximate surface area is 175 Å². The van der Waals surface area contributed by atoms with E-state index >= 15 is 0 Å². The van der Waals surface area contributed by atoms with Gasteiger partial charge in [-0.25, -0.2) is 0 Å². The van der Waals surface area contributed by atoms with E-state index in [2.05, 4.69) is 16.0 Å². The molecule has 1 aromatic carbocycles. The van der Waals surface area contributed by atoms with Gasteiger partial charge in [-0.3, -0.25) is 19.2 Å². The summed E-state index contributed by atoms with van der Waals surface area (Å²) in [6, 6.07) is 7.67. The molecular formula is C21H27N3O4S. The molecule has 0 spiro atoms. The van der Waals surface area contributed by atoms with E-state index in [1.807, 2.05) is 18.2 Å². The molecule has 3 amide bonds. The minimum absolute atomic E-state index is 0.0981. The Balaban J connectivity index is 1.91. The van der Waals surface area contributed by atoms with Gasteiger partial charge in [-0.05, 0) is 37.5 Å². The molecule has 2 rings (SSSR count). The summed E-state index contributed by atoms with van der Waals surface area (Å²) in [6.45, 7) is 1.55. The van der Waals surface area contributed by atoms with Crippen molar-refractivity contribution in [2.75, 3.05) is 11.1 Å². The summed E-state index contributed by atoms with van der Waals surface area (Å²) in [5, 5.41) is 8.30. The molecule has 7 nitrogen and oxygen atoms in total. The zero-order chi connectivity index (χ0) is 21.1. The second kappa shape index (κ2) is 12.1. The number of rotatable bonds is 10. The van der Waals surface area contributed by atoms with Crippen LogP contribution in [-0.4, -0.2) is 40.7 Å². The Morgan fingerprint density at radius 3 is 2.62 bits per heavy atom. The number of hydrogen-bond acceptors (Lipinski definition) is 5. The molecule has 29 heavy (non-hydrogen) atoms. The van der Waals surface area contributed by atoms with Crippen LogP contribution in [0.5, 0.6) is 0 Å². The third kappa shape index (κ3) is 8.51. The van der Waals surface area contributed by atoms with Gasteiger partial charge in [-0.15, -0.1) is 0 Å². The molecule has 0 bridgehead atoms. The highest BCUT2D eigenvalue weighted by molar-refractivity contribution is 8.13. The van der Waals surface area contributed by atoms with E-state index in [4.69, 9.17) is 0 Å². The predicted octanol–water partition coefficient (Wildman–Crippen LogP) is 2.39. The van der Waals surface area contributed by atoms with Crippen molar-refractivity contribution in [3.8, 4) is 0 Å². The number of carbonyl (C=O) groups excluding carboxylic acids is 4. The molecule has 0 unspecified atom stereocenters. The van der Waals surface area contributed by atoms with Gasteiger partial charge in [0.15, 0.2) is 5.12 Å². The Hall–Kier alpha value is -2.61. The number of thioether (sulfide) groups is 1. The quantitative estimate of drug-likeness (QED) is 0.507. The SMILES string of the molecule is CC(=O)SCCCCC[C@H](NC(=O)[C@@H]1CC=CC(=O)N1)C(=O)Nc1ccccc1. The highest BCUT2D eigenvalue weighted by Crippen LogP contribution is 2.12. The van der Waals surface area contributed by atoms with Crippen LogP contribution in [0, 0.1) is 0 Å². The number of carbonyl (C=O) groups is 4. The Morgan fingerprint density at radius 2 is 1.93 bits per heavy atom.